The minimum absolute atomic E-state index is 0.109. The highest BCUT2D eigenvalue weighted by molar-refractivity contribution is 6.32. The van der Waals surface area contributed by atoms with Crippen molar-refractivity contribution in [2.75, 3.05) is 13.7 Å². The average Bonchev–Trinajstić information content (AvgIpc) is 3.16. The van der Waals surface area contributed by atoms with E-state index in [1.807, 2.05) is 25.1 Å². The summed E-state index contributed by atoms with van der Waals surface area (Å²) < 4.78 is 16.2. The summed E-state index contributed by atoms with van der Waals surface area (Å²) in [7, 11) is 1.58. The molecule has 1 atom stereocenters. The highest BCUT2D eigenvalue weighted by atomic mass is 35.5. The van der Waals surface area contributed by atoms with E-state index in [0.29, 0.717) is 42.0 Å². The molecule has 0 fully saturated rings. The third-order valence-corrected chi connectivity index (χ3v) is 4.04. The number of methoxy groups -OCH3 is 1. The molecule has 1 aromatic carbocycles. The van der Waals surface area contributed by atoms with E-state index in [2.05, 4.69) is 10.6 Å². The minimum atomic E-state index is -0.370. The summed E-state index contributed by atoms with van der Waals surface area (Å²) in [5.74, 6) is 1.73. The normalized spacial score (nSPS) is 11.8. The zero-order valence-electron chi connectivity index (χ0n) is 15.3. The van der Waals surface area contributed by atoms with E-state index in [1.54, 1.807) is 26.4 Å². The molecule has 0 saturated heterocycles. The number of hydrogen-bond acceptors (Lipinski definition) is 5. The lowest BCUT2D eigenvalue weighted by molar-refractivity contribution is -0.123. The van der Waals surface area contributed by atoms with Crippen molar-refractivity contribution in [2.24, 2.45) is 0 Å². The maximum Gasteiger partial charge on any atom is 0.237 e. The molecule has 2 N–H and O–H groups in total. The van der Waals surface area contributed by atoms with Gasteiger partial charge in [0.05, 0.1) is 37.6 Å². The van der Waals surface area contributed by atoms with Gasteiger partial charge in [0.1, 0.15) is 5.76 Å². The summed E-state index contributed by atoms with van der Waals surface area (Å²) in [6.07, 6.45) is 2.46. The van der Waals surface area contributed by atoms with Gasteiger partial charge >= 0.3 is 0 Å². The van der Waals surface area contributed by atoms with Crippen LogP contribution < -0.4 is 20.1 Å². The molecule has 2 rings (SSSR count). The summed E-state index contributed by atoms with van der Waals surface area (Å²) in [5.41, 5.74) is 0.904. The van der Waals surface area contributed by atoms with Crippen LogP contribution in [-0.4, -0.2) is 25.7 Å². The Balaban J connectivity index is 1.91. The van der Waals surface area contributed by atoms with E-state index in [4.69, 9.17) is 25.5 Å². The molecule has 1 aromatic heterocycles. The van der Waals surface area contributed by atoms with Crippen LogP contribution in [0.15, 0.2) is 34.9 Å². The first-order valence-electron chi connectivity index (χ1n) is 8.57. The Labute approximate surface area is 158 Å². The quantitative estimate of drug-likeness (QED) is 0.659. The van der Waals surface area contributed by atoms with Crippen LogP contribution in [0.1, 0.15) is 31.6 Å². The van der Waals surface area contributed by atoms with E-state index in [9.17, 15) is 4.79 Å². The number of carbonyl (C=O) groups is 1. The molecule has 2 aromatic rings. The average molecular weight is 381 g/mol. The van der Waals surface area contributed by atoms with Crippen LogP contribution in [0.2, 0.25) is 5.02 Å². The van der Waals surface area contributed by atoms with Gasteiger partial charge in [0.2, 0.25) is 5.91 Å². The number of rotatable bonds is 10. The summed E-state index contributed by atoms with van der Waals surface area (Å²) in [4.78, 5) is 12.1. The highest BCUT2D eigenvalue weighted by Crippen LogP contribution is 2.36. The number of benzene rings is 1. The molecule has 0 saturated carbocycles. The third kappa shape index (κ3) is 5.68. The van der Waals surface area contributed by atoms with Gasteiger partial charge in [-0.05, 0) is 43.2 Å². The lowest BCUT2D eigenvalue weighted by Crippen LogP contribution is -2.41. The number of amides is 1. The van der Waals surface area contributed by atoms with Crippen molar-refractivity contribution in [3.8, 4) is 11.5 Å². The first-order valence-corrected chi connectivity index (χ1v) is 8.95. The van der Waals surface area contributed by atoms with Gasteiger partial charge in [0.15, 0.2) is 11.5 Å². The lowest BCUT2D eigenvalue weighted by atomic mass is 10.2. The van der Waals surface area contributed by atoms with Crippen LogP contribution in [0, 0.1) is 0 Å². The van der Waals surface area contributed by atoms with Gasteiger partial charge in [0, 0.05) is 6.54 Å². The second-order valence-electron chi connectivity index (χ2n) is 5.86. The van der Waals surface area contributed by atoms with Gasteiger partial charge < -0.3 is 24.5 Å². The largest absolute Gasteiger partial charge is 0.493 e. The molecule has 0 radical (unpaired) electrons. The molecule has 1 unspecified atom stereocenters. The Morgan fingerprint density at radius 3 is 2.81 bits per heavy atom. The van der Waals surface area contributed by atoms with Crippen molar-refractivity contribution in [3.63, 3.8) is 0 Å². The number of furan rings is 1. The van der Waals surface area contributed by atoms with Crippen LogP contribution in [0.4, 0.5) is 0 Å². The van der Waals surface area contributed by atoms with Gasteiger partial charge in [-0.3, -0.25) is 4.79 Å². The second kappa shape index (κ2) is 10.1. The molecular weight excluding hydrogens is 356 g/mol. The number of hydrogen-bond donors (Lipinski definition) is 2. The summed E-state index contributed by atoms with van der Waals surface area (Å²) in [6.45, 7) is 5.23. The van der Waals surface area contributed by atoms with E-state index in [1.165, 1.54) is 0 Å². The van der Waals surface area contributed by atoms with Gasteiger partial charge in [0.25, 0.3) is 0 Å². The molecule has 0 aliphatic heterocycles. The van der Waals surface area contributed by atoms with E-state index in [-0.39, 0.29) is 11.9 Å². The molecule has 0 aliphatic rings. The third-order valence-electron chi connectivity index (χ3n) is 3.76. The van der Waals surface area contributed by atoms with Crippen LogP contribution in [0.3, 0.4) is 0 Å². The Morgan fingerprint density at radius 1 is 1.35 bits per heavy atom. The number of ether oxygens (including phenoxy) is 2. The maximum absolute atomic E-state index is 12.1. The van der Waals surface area contributed by atoms with Crippen molar-refractivity contribution in [1.29, 1.82) is 0 Å². The topological polar surface area (TPSA) is 72.7 Å². The Morgan fingerprint density at radius 2 is 2.15 bits per heavy atom. The fraction of sp³-hybridized carbons (Fsp3) is 0.421. The predicted octanol–water partition coefficient (Wildman–Crippen LogP) is 3.52. The SMILES string of the molecule is CCCOc1c(Cl)cc(CNC(C)C(=O)NCc2ccco2)cc1OC. The van der Waals surface area contributed by atoms with Gasteiger partial charge in [-0.25, -0.2) is 0 Å². The number of carbonyl (C=O) groups excluding carboxylic acids is 1. The molecule has 0 spiro atoms. The zero-order valence-corrected chi connectivity index (χ0v) is 16.1. The molecule has 6 nitrogen and oxygen atoms in total. The first-order chi connectivity index (χ1) is 12.5. The number of halogens is 1. The van der Waals surface area contributed by atoms with Gasteiger partial charge in [-0.1, -0.05) is 18.5 Å². The van der Waals surface area contributed by atoms with Crippen molar-refractivity contribution < 1.29 is 18.7 Å². The Hall–Kier alpha value is -2.18. The molecule has 26 heavy (non-hydrogen) atoms. The summed E-state index contributed by atoms with van der Waals surface area (Å²) in [5, 5.41) is 6.48. The predicted molar refractivity (Wildman–Crippen MR) is 101 cm³/mol. The zero-order chi connectivity index (χ0) is 18.9. The van der Waals surface area contributed by atoms with E-state index < -0.39 is 0 Å². The van der Waals surface area contributed by atoms with E-state index >= 15 is 0 Å². The van der Waals surface area contributed by atoms with Crippen LogP contribution in [0.5, 0.6) is 11.5 Å². The van der Waals surface area contributed by atoms with Crippen LogP contribution >= 0.6 is 11.6 Å². The fourth-order valence-electron chi connectivity index (χ4n) is 2.32. The standard InChI is InChI=1S/C19H25ClN2O4/c1-4-7-26-18-16(20)9-14(10-17(18)24-3)11-21-13(2)19(23)22-12-15-6-5-8-25-15/h5-6,8-10,13,21H,4,7,11-12H2,1-3H3,(H,22,23). The van der Waals surface area contributed by atoms with Crippen molar-refractivity contribution in [1.82, 2.24) is 10.6 Å². The summed E-state index contributed by atoms with van der Waals surface area (Å²) >= 11 is 6.31. The fourth-order valence-corrected chi connectivity index (χ4v) is 2.61. The van der Waals surface area contributed by atoms with Gasteiger partial charge in [-0.2, -0.15) is 0 Å². The molecule has 7 heteroatoms. The van der Waals surface area contributed by atoms with Crippen molar-refractivity contribution in [3.05, 3.63) is 46.9 Å². The van der Waals surface area contributed by atoms with Crippen molar-refractivity contribution >= 4 is 17.5 Å². The first kappa shape index (κ1) is 20.1. The van der Waals surface area contributed by atoms with E-state index in [0.717, 1.165) is 12.0 Å². The highest BCUT2D eigenvalue weighted by Gasteiger charge is 2.15. The van der Waals surface area contributed by atoms with Gasteiger partial charge in [-0.15, -0.1) is 0 Å². The Kier molecular flexibility index (Phi) is 7.81. The maximum atomic E-state index is 12.1. The Bertz CT molecular complexity index is 704. The molecule has 1 amide bonds. The molecular formula is C19H25ClN2O4. The smallest absolute Gasteiger partial charge is 0.237 e. The monoisotopic (exact) mass is 380 g/mol. The van der Waals surface area contributed by atoms with Crippen LogP contribution in [0.25, 0.3) is 0 Å². The molecule has 142 valence electrons. The van der Waals surface area contributed by atoms with Crippen LogP contribution in [-0.2, 0) is 17.9 Å². The molecule has 0 aliphatic carbocycles. The lowest BCUT2D eigenvalue weighted by Gasteiger charge is -2.16. The van der Waals surface area contributed by atoms with Crippen molar-refractivity contribution in [2.45, 2.75) is 39.4 Å². The second-order valence-corrected chi connectivity index (χ2v) is 6.26. The molecule has 1 heterocycles. The molecule has 0 bridgehead atoms. The minimum Gasteiger partial charge on any atom is -0.493 e. The summed E-state index contributed by atoms with van der Waals surface area (Å²) in [6, 6.07) is 6.90. The number of nitrogens with one attached hydrogen (secondary N) is 2.